The van der Waals surface area contributed by atoms with Crippen LogP contribution in [0.3, 0.4) is 0 Å². The number of nitrogens with zero attached hydrogens (tertiary/aromatic N) is 3. The minimum atomic E-state index is -0.321. The molecule has 0 aliphatic carbocycles. The van der Waals surface area contributed by atoms with Gasteiger partial charge in [0.15, 0.2) is 0 Å². The molecule has 0 aliphatic heterocycles. The summed E-state index contributed by atoms with van der Waals surface area (Å²) in [5.41, 5.74) is 0.469. The predicted octanol–water partition coefficient (Wildman–Crippen LogP) is -0.0279. The average Bonchev–Trinajstić information content (AvgIpc) is 2.23. The fourth-order valence-corrected chi connectivity index (χ4v) is 1.43. The van der Waals surface area contributed by atoms with Crippen molar-refractivity contribution >= 4 is 5.69 Å². The third-order valence-electron chi connectivity index (χ3n) is 2.55. The zero-order valence-electron chi connectivity index (χ0n) is 9.44. The van der Waals surface area contributed by atoms with Gasteiger partial charge in [0.2, 0.25) is 0 Å². The fraction of sp³-hybridized carbons (Fsp3) is 0.400. The second kappa shape index (κ2) is 3.76. The van der Waals surface area contributed by atoms with Gasteiger partial charge in [0.1, 0.15) is 5.69 Å². The second-order valence-electron chi connectivity index (χ2n) is 3.43. The number of hydrogen-bond acceptors (Lipinski definition) is 3. The summed E-state index contributed by atoms with van der Waals surface area (Å²) in [6.45, 7) is 5.33. The minimum Gasteiger partial charge on any atom is -0.346 e. The smallest absolute Gasteiger partial charge is 0.330 e. The molecular formula is C10H15N3O2. The monoisotopic (exact) mass is 209 g/mol. The van der Waals surface area contributed by atoms with Gasteiger partial charge in [0.05, 0.1) is 0 Å². The maximum Gasteiger partial charge on any atom is 0.330 e. The number of aromatic nitrogens is 2. The van der Waals surface area contributed by atoms with Crippen LogP contribution in [0.2, 0.25) is 0 Å². The van der Waals surface area contributed by atoms with Crippen molar-refractivity contribution in [3.8, 4) is 0 Å². The van der Waals surface area contributed by atoms with E-state index in [0.717, 1.165) is 4.57 Å². The van der Waals surface area contributed by atoms with Crippen molar-refractivity contribution in [1.29, 1.82) is 0 Å². The first kappa shape index (κ1) is 11.3. The molecule has 1 heterocycles. The van der Waals surface area contributed by atoms with E-state index in [9.17, 15) is 9.59 Å². The van der Waals surface area contributed by atoms with Crippen LogP contribution in [0.5, 0.6) is 0 Å². The Balaban J connectivity index is 3.75. The van der Waals surface area contributed by atoms with E-state index >= 15 is 0 Å². The van der Waals surface area contributed by atoms with Crippen LogP contribution < -0.4 is 16.1 Å². The lowest BCUT2D eigenvalue weighted by Gasteiger charge is -2.18. The van der Waals surface area contributed by atoms with Crippen molar-refractivity contribution in [3.05, 3.63) is 39.3 Å². The molecule has 15 heavy (non-hydrogen) atoms. The molecule has 5 heteroatoms. The Bertz CT molecular complexity index is 511. The summed E-state index contributed by atoms with van der Waals surface area (Å²) in [5, 5.41) is 0. The molecule has 0 radical (unpaired) electrons. The standard InChI is InChI=1S/C10H15N3O2/c1-6-11(3)8-7(2)12(4)10(15)13(5)9(8)14/h6H,1H2,2-5H3. The van der Waals surface area contributed by atoms with Gasteiger partial charge in [0.25, 0.3) is 5.56 Å². The molecular weight excluding hydrogens is 194 g/mol. The Kier molecular flexibility index (Phi) is 2.83. The van der Waals surface area contributed by atoms with Gasteiger partial charge in [0, 0.05) is 26.8 Å². The van der Waals surface area contributed by atoms with E-state index in [0.29, 0.717) is 11.4 Å². The number of anilines is 1. The van der Waals surface area contributed by atoms with Crippen molar-refractivity contribution in [1.82, 2.24) is 9.13 Å². The highest BCUT2D eigenvalue weighted by atomic mass is 16.2. The topological polar surface area (TPSA) is 47.2 Å². The third kappa shape index (κ3) is 1.60. The van der Waals surface area contributed by atoms with Gasteiger partial charge >= 0.3 is 5.69 Å². The maximum atomic E-state index is 11.8. The molecule has 0 N–H and O–H groups in total. The second-order valence-corrected chi connectivity index (χ2v) is 3.43. The van der Waals surface area contributed by atoms with Crippen LogP contribution in [0.1, 0.15) is 5.69 Å². The molecule has 0 unspecified atom stereocenters. The van der Waals surface area contributed by atoms with Gasteiger partial charge < -0.3 is 4.90 Å². The zero-order valence-corrected chi connectivity index (χ0v) is 9.44. The average molecular weight is 209 g/mol. The largest absolute Gasteiger partial charge is 0.346 e. The normalized spacial score (nSPS) is 10.1. The van der Waals surface area contributed by atoms with Gasteiger partial charge in [-0.1, -0.05) is 6.58 Å². The first-order valence-electron chi connectivity index (χ1n) is 4.53. The lowest BCUT2D eigenvalue weighted by atomic mass is 10.3. The molecule has 5 nitrogen and oxygen atoms in total. The molecule has 0 fully saturated rings. The number of rotatable bonds is 2. The Morgan fingerprint density at radius 3 is 2.27 bits per heavy atom. The predicted molar refractivity (Wildman–Crippen MR) is 60.3 cm³/mol. The summed E-state index contributed by atoms with van der Waals surface area (Å²) in [5.74, 6) is 0. The van der Waals surface area contributed by atoms with Gasteiger partial charge in [-0.2, -0.15) is 0 Å². The molecule has 1 rings (SSSR count). The van der Waals surface area contributed by atoms with Crippen LogP contribution >= 0.6 is 0 Å². The summed E-state index contributed by atoms with van der Waals surface area (Å²) in [6, 6.07) is 0. The van der Waals surface area contributed by atoms with Crippen LogP contribution in [0.4, 0.5) is 5.69 Å². The van der Waals surface area contributed by atoms with Crippen LogP contribution in [0.25, 0.3) is 0 Å². The summed E-state index contributed by atoms with van der Waals surface area (Å²) < 4.78 is 2.53. The lowest BCUT2D eigenvalue weighted by molar-refractivity contribution is 0.666. The lowest BCUT2D eigenvalue weighted by Crippen LogP contribution is -2.40. The SMILES string of the molecule is C=CN(C)c1c(C)n(C)c(=O)n(C)c1=O. The molecule has 0 atom stereocenters. The first-order chi connectivity index (χ1) is 6.91. The Morgan fingerprint density at radius 1 is 1.27 bits per heavy atom. The van der Waals surface area contributed by atoms with E-state index in [2.05, 4.69) is 6.58 Å². The van der Waals surface area contributed by atoms with Gasteiger partial charge in [-0.05, 0) is 13.1 Å². The van der Waals surface area contributed by atoms with Crippen LogP contribution in [-0.2, 0) is 14.1 Å². The summed E-state index contributed by atoms with van der Waals surface area (Å²) in [4.78, 5) is 25.0. The molecule has 0 amide bonds. The highest BCUT2D eigenvalue weighted by Gasteiger charge is 2.13. The van der Waals surface area contributed by atoms with E-state index < -0.39 is 0 Å². The molecule has 1 aromatic heterocycles. The van der Waals surface area contributed by atoms with E-state index in [-0.39, 0.29) is 11.2 Å². The molecule has 0 saturated heterocycles. The third-order valence-corrected chi connectivity index (χ3v) is 2.55. The fourth-order valence-electron chi connectivity index (χ4n) is 1.43. The van der Waals surface area contributed by atoms with Crippen molar-refractivity contribution in [2.45, 2.75) is 6.92 Å². The molecule has 1 aromatic rings. The van der Waals surface area contributed by atoms with Crippen LogP contribution in [-0.4, -0.2) is 16.2 Å². The number of hydrogen-bond donors (Lipinski definition) is 0. The molecule has 0 aromatic carbocycles. The van der Waals surface area contributed by atoms with Gasteiger partial charge in [-0.15, -0.1) is 0 Å². The Hall–Kier alpha value is -1.78. The van der Waals surface area contributed by atoms with Gasteiger partial charge in [-0.25, -0.2) is 4.79 Å². The maximum absolute atomic E-state index is 11.8. The van der Waals surface area contributed by atoms with E-state index in [4.69, 9.17) is 0 Å². The van der Waals surface area contributed by atoms with E-state index in [1.165, 1.54) is 17.8 Å². The highest BCUT2D eigenvalue weighted by molar-refractivity contribution is 5.50. The Labute approximate surface area is 87.9 Å². The summed E-state index contributed by atoms with van der Waals surface area (Å²) in [6.07, 6.45) is 1.54. The van der Waals surface area contributed by atoms with Gasteiger partial charge in [-0.3, -0.25) is 13.9 Å². The van der Waals surface area contributed by atoms with Crippen molar-refractivity contribution in [3.63, 3.8) is 0 Å². The quantitative estimate of drug-likeness (QED) is 0.687. The van der Waals surface area contributed by atoms with Crippen LogP contribution in [0.15, 0.2) is 22.4 Å². The zero-order chi connectivity index (χ0) is 11.7. The molecule has 0 spiro atoms. The molecule has 0 aliphatic rings. The minimum absolute atomic E-state index is 0.307. The molecule has 0 bridgehead atoms. The molecule has 0 saturated carbocycles. The van der Waals surface area contributed by atoms with Crippen LogP contribution in [0, 0.1) is 6.92 Å². The van der Waals surface area contributed by atoms with E-state index in [1.54, 1.807) is 25.9 Å². The van der Waals surface area contributed by atoms with Crippen molar-refractivity contribution < 1.29 is 0 Å². The highest BCUT2D eigenvalue weighted by Crippen LogP contribution is 2.10. The Morgan fingerprint density at radius 2 is 1.80 bits per heavy atom. The molecule has 82 valence electrons. The van der Waals surface area contributed by atoms with Crippen molar-refractivity contribution in [2.24, 2.45) is 14.1 Å². The first-order valence-corrected chi connectivity index (χ1v) is 4.53. The van der Waals surface area contributed by atoms with Crippen molar-refractivity contribution in [2.75, 3.05) is 11.9 Å². The summed E-state index contributed by atoms with van der Waals surface area (Å²) in [7, 11) is 4.82. The summed E-state index contributed by atoms with van der Waals surface area (Å²) >= 11 is 0. The van der Waals surface area contributed by atoms with E-state index in [1.807, 2.05) is 0 Å².